The first-order chi connectivity index (χ1) is 27.6. The highest BCUT2D eigenvalue weighted by molar-refractivity contribution is 7.47. The molecule has 0 aromatic carbocycles. The molecule has 0 radical (unpaired) electrons. The van der Waals surface area contributed by atoms with E-state index in [0.717, 1.165) is 70.6 Å². The van der Waals surface area contributed by atoms with Gasteiger partial charge in [-0.3, -0.25) is 13.8 Å². The van der Waals surface area contributed by atoms with Crippen LogP contribution >= 0.6 is 7.82 Å². The average Bonchev–Trinajstić information content (AvgIpc) is 3.16. The average molecular weight is 821 g/mol. The third-order valence-corrected chi connectivity index (χ3v) is 10.2. The number of carbonyl (C=O) groups excluding carboxylic acids is 1. The molecule has 0 aliphatic carbocycles. The van der Waals surface area contributed by atoms with E-state index in [1.54, 1.807) is 0 Å². The van der Waals surface area contributed by atoms with Crippen molar-refractivity contribution >= 4 is 13.8 Å². The molecule has 330 valence electrons. The summed E-state index contributed by atoms with van der Waals surface area (Å²) in [6, 6.07) is 0. The number of hydrogen-bond donors (Lipinski definition) is 1. The van der Waals surface area contributed by atoms with E-state index >= 15 is 0 Å². The normalized spacial score (nSPS) is 14.4. The Morgan fingerprint density at radius 1 is 0.561 bits per heavy atom. The van der Waals surface area contributed by atoms with Crippen LogP contribution in [0.25, 0.3) is 0 Å². The molecule has 8 nitrogen and oxygen atoms in total. The molecule has 0 aromatic heterocycles. The lowest BCUT2D eigenvalue weighted by Crippen LogP contribution is -2.37. The van der Waals surface area contributed by atoms with Gasteiger partial charge in [0.25, 0.3) is 0 Å². The van der Waals surface area contributed by atoms with Crippen molar-refractivity contribution in [3.8, 4) is 0 Å². The standard InChI is InChI=1S/C48H86NO7P/c1-6-8-10-12-14-16-18-20-22-24-25-26-27-29-31-33-35-37-39-41-48(50)56-47(46-55-57(51,52)54-44-42-49(3,4)5)45-53-43-40-38-36-34-32-30-28-23-21-19-17-15-13-11-9-7-2/h8,10,14,16,20-23,25-26,29,31,47H,6-7,9,11-13,15,17-19,24,27-28,30,32-46H2,1-5H3/p+1/b10-8-,16-14-,22-20-,23-21-,26-25-,31-29-. The molecule has 0 aliphatic rings. The molecule has 0 amide bonds. The van der Waals surface area contributed by atoms with Gasteiger partial charge in [0.2, 0.25) is 0 Å². The van der Waals surface area contributed by atoms with Gasteiger partial charge in [-0.1, -0.05) is 151 Å². The highest BCUT2D eigenvalue weighted by atomic mass is 31.2. The summed E-state index contributed by atoms with van der Waals surface area (Å²) < 4.78 is 35.0. The summed E-state index contributed by atoms with van der Waals surface area (Å²) in [5, 5.41) is 0. The molecule has 0 spiro atoms. The van der Waals surface area contributed by atoms with Crippen LogP contribution in [0, 0.1) is 0 Å². The molecule has 0 saturated heterocycles. The highest BCUT2D eigenvalue weighted by Gasteiger charge is 2.26. The van der Waals surface area contributed by atoms with Gasteiger partial charge in [-0.25, -0.2) is 4.57 Å². The first-order valence-electron chi connectivity index (χ1n) is 22.7. The van der Waals surface area contributed by atoms with Crippen LogP contribution in [0.3, 0.4) is 0 Å². The van der Waals surface area contributed by atoms with Gasteiger partial charge < -0.3 is 18.9 Å². The second-order valence-electron chi connectivity index (χ2n) is 16.0. The molecule has 2 atom stereocenters. The van der Waals surface area contributed by atoms with Crippen LogP contribution in [0.4, 0.5) is 0 Å². The Hall–Kier alpha value is -2.06. The van der Waals surface area contributed by atoms with Gasteiger partial charge >= 0.3 is 13.8 Å². The second-order valence-corrected chi connectivity index (χ2v) is 17.5. The molecule has 57 heavy (non-hydrogen) atoms. The van der Waals surface area contributed by atoms with Gasteiger partial charge in [0.15, 0.2) is 0 Å². The quantitative estimate of drug-likeness (QED) is 0.0216. The maximum Gasteiger partial charge on any atom is 0.472 e. The molecule has 0 fully saturated rings. The molecule has 0 aromatic rings. The summed E-state index contributed by atoms with van der Waals surface area (Å²) in [6.45, 7) is 5.43. The van der Waals surface area contributed by atoms with Gasteiger partial charge in [0.05, 0.1) is 34.4 Å². The van der Waals surface area contributed by atoms with Gasteiger partial charge in [-0.2, -0.15) is 0 Å². The molecular weight excluding hydrogens is 734 g/mol. The number of allylic oxidation sites excluding steroid dienone is 12. The van der Waals surface area contributed by atoms with Crippen LogP contribution in [-0.4, -0.2) is 75.6 Å². The lowest BCUT2D eigenvalue weighted by molar-refractivity contribution is -0.870. The molecule has 0 bridgehead atoms. The van der Waals surface area contributed by atoms with Crippen LogP contribution in [0.2, 0.25) is 0 Å². The molecule has 0 aliphatic heterocycles. The largest absolute Gasteiger partial charge is 0.472 e. The van der Waals surface area contributed by atoms with E-state index in [9.17, 15) is 14.3 Å². The van der Waals surface area contributed by atoms with E-state index < -0.39 is 13.9 Å². The van der Waals surface area contributed by atoms with Crippen LogP contribution < -0.4 is 0 Å². The Morgan fingerprint density at radius 2 is 1.02 bits per heavy atom. The fourth-order valence-corrected chi connectivity index (χ4v) is 6.49. The van der Waals surface area contributed by atoms with Crippen molar-refractivity contribution in [2.24, 2.45) is 0 Å². The van der Waals surface area contributed by atoms with Crippen molar-refractivity contribution in [2.75, 3.05) is 54.1 Å². The number of likely N-dealkylation sites (N-methyl/N-ethyl adjacent to an activating group) is 1. The summed E-state index contributed by atoms with van der Waals surface area (Å²) in [4.78, 5) is 22.9. The van der Waals surface area contributed by atoms with Gasteiger partial charge in [0, 0.05) is 13.0 Å². The Morgan fingerprint density at radius 3 is 1.54 bits per heavy atom. The Kier molecular flexibility index (Phi) is 39.2. The van der Waals surface area contributed by atoms with Crippen LogP contribution in [-0.2, 0) is 27.9 Å². The van der Waals surface area contributed by atoms with Crippen molar-refractivity contribution in [1.82, 2.24) is 0 Å². The minimum atomic E-state index is -4.29. The maximum absolute atomic E-state index is 12.7. The molecule has 2 unspecified atom stereocenters. The van der Waals surface area contributed by atoms with Crippen molar-refractivity contribution in [3.05, 3.63) is 72.9 Å². The van der Waals surface area contributed by atoms with Crippen molar-refractivity contribution in [3.63, 3.8) is 0 Å². The minimum Gasteiger partial charge on any atom is -0.457 e. The number of hydrogen-bond acceptors (Lipinski definition) is 6. The van der Waals surface area contributed by atoms with E-state index in [1.165, 1.54) is 77.0 Å². The first kappa shape index (κ1) is 54.9. The van der Waals surface area contributed by atoms with Crippen LogP contribution in [0.15, 0.2) is 72.9 Å². The van der Waals surface area contributed by atoms with Crippen LogP contribution in [0.5, 0.6) is 0 Å². The minimum absolute atomic E-state index is 0.0772. The van der Waals surface area contributed by atoms with Gasteiger partial charge in [-0.15, -0.1) is 0 Å². The zero-order valence-electron chi connectivity index (χ0n) is 37.3. The highest BCUT2D eigenvalue weighted by Crippen LogP contribution is 2.43. The lowest BCUT2D eigenvalue weighted by Gasteiger charge is -2.24. The zero-order valence-corrected chi connectivity index (χ0v) is 38.2. The smallest absolute Gasteiger partial charge is 0.457 e. The summed E-state index contributed by atoms with van der Waals surface area (Å²) >= 11 is 0. The summed E-state index contributed by atoms with van der Waals surface area (Å²) in [5.41, 5.74) is 0. The monoisotopic (exact) mass is 821 g/mol. The zero-order chi connectivity index (χ0) is 42.0. The summed E-state index contributed by atoms with van der Waals surface area (Å²) in [5.74, 6) is -0.349. The maximum atomic E-state index is 12.7. The third-order valence-electron chi connectivity index (χ3n) is 9.25. The Bertz CT molecular complexity index is 1140. The van der Waals surface area contributed by atoms with Gasteiger partial charge in [-0.05, 0) is 83.5 Å². The number of ether oxygens (including phenoxy) is 2. The van der Waals surface area contributed by atoms with Crippen molar-refractivity contribution < 1.29 is 37.3 Å². The SMILES string of the molecule is CC/C=C\C/C=C\C/C=C\C/C=C\C/C=C\CCCCCC(=O)OC(COCCCCCCCC/C=C\CCCCCCCC)COP(=O)(O)OCC[N+](C)(C)C. The number of phosphoric ester groups is 1. The number of phosphoric acid groups is 1. The summed E-state index contributed by atoms with van der Waals surface area (Å²) in [7, 11) is 1.63. The molecule has 9 heteroatoms. The van der Waals surface area contributed by atoms with E-state index in [2.05, 4.69) is 86.8 Å². The van der Waals surface area contributed by atoms with E-state index in [4.69, 9.17) is 18.5 Å². The third kappa shape index (κ3) is 44.9. The van der Waals surface area contributed by atoms with Crippen LogP contribution in [0.1, 0.15) is 168 Å². The first-order valence-corrected chi connectivity index (χ1v) is 24.2. The molecular formula is C48H87NO7P+. The predicted octanol–water partition coefficient (Wildman–Crippen LogP) is 13.5. The fourth-order valence-electron chi connectivity index (χ4n) is 5.75. The fraction of sp³-hybridized carbons (Fsp3) is 0.729. The molecule has 0 rings (SSSR count). The molecule has 1 N–H and O–H groups in total. The van der Waals surface area contributed by atoms with E-state index in [1.807, 2.05) is 21.1 Å². The van der Waals surface area contributed by atoms with Crippen molar-refractivity contribution in [2.45, 2.75) is 174 Å². The molecule has 0 saturated carbocycles. The van der Waals surface area contributed by atoms with E-state index in [-0.39, 0.29) is 32.2 Å². The predicted molar refractivity (Wildman–Crippen MR) is 242 cm³/mol. The topological polar surface area (TPSA) is 91.3 Å². The van der Waals surface area contributed by atoms with E-state index in [0.29, 0.717) is 17.6 Å². The number of carbonyl (C=O) groups is 1. The van der Waals surface area contributed by atoms with Gasteiger partial charge in [0.1, 0.15) is 19.3 Å². The summed E-state index contributed by atoms with van der Waals surface area (Å²) in [6.07, 6.45) is 52.2. The Balaban J connectivity index is 4.32. The number of nitrogens with zero attached hydrogens (tertiary/aromatic N) is 1. The Labute approximate surface area is 351 Å². The lowest BCUT2D eigenvalue weighted by atomic mass is 10.1. The second kappa shape index (κ2) is 40.7. The number of quaternary nitrogens is 1. The molecule has 0 heterocycles. The number of unbranched alkanes of at least 4 members (excludes halogenated alkanes) is 15. The van der Waals surface area contributed by atoms with Crippen molar-refractivity contribution in [1.29, 1.82) is 0 Å². The number of esters is 1. The number of rotatable bonds is 41.